The first-order valence-corrected chi connectivity index (χ1v) is 6.16. The average molecular weight is 267 g/mol. The summed E-state index contributed by atoms with van der Waals surface area (Å²) in [6.45, 7) is 2.58. The van der Waals surface area contributed by atoms with Gasteiger partial charge in [-0.15, -0.1) is 0 Å². The minimum absolute atomic E-state index is 0.125. The summed E-state index contributed by atoms with van der Waals surface area (Å²) in [5.74, 6) is -1.14. The molecule has 0 saturated carbocycles. The number of benzene rings is 1. The fourth-order valence-corrected chi connectivity index (χ4v) is 2.03. The number of hydrogen-bond acceptors (Lipinski definition) is 5. The first-order valence-electron chi connectivity index (χ1n) is 5.18. The quantitative estimate of drug-likeness (QED) is 0.509. The van der Waals surface area contributed by atoms with Crippen molar-refractivity contribution < 1.29 is 19.1 Å². The molecule has 1 aromatic rings. The number of carbonyl (C=O) groups excluding carboxylic acids is 3. The standard InChI is InChI=1S/C12H13NO4S/c1-8(14)13-12(16)10-5-3-4-6-11(10)18-7-17-9(2)15/h3-6H,7H2,1-2H3,(H,13,14,16). The normalized spacial score (nSPS) is 9.67. The summed E-state index contributed by atoms with van der Waals surface area (Å²) < 4.78 is 4.79. The third kappa shape index (κ3) is 4.58. The van der Waals surface area contributed by atoms with E-state index in [4.69, 9.17) is 4.74 Å². The molecule has 0 aromatic heterocycles. The number of ether oxygens (including phenoxy) is 1. The minimum atomic E-state index is -0.464. The highest BCUT2D eigenvalue weighted by atomic mass is 32.2. The summed E-state index contributed by atoms with van der Waals surface area (Å²) in [5.41, 5.74) is 0.379. The van der Waals surface area contributed by atoms with E-state index in [1.807, 2.05) is 0 Å². The van der Waals surface area contributed by atoms with E-state index < -0.39 is 11.8 Å². The van der Waals surface area contributed by atoms with Gasteiger partial charge in [0.05, 0.1) is 5.56 Å². The summed E-state index contributed by atoms with van der Waals surface area (Å²) in [6.07, 6.45) is 0. The topological polar surface area (TPSA) is 72.5 Å². The number of rotatable bonds is 4. The Morgan fingerprint density at radius 2 is 1.89 bits per heavy atom. The molecule has 2 amide bonds. The van der Waals surface area contributed by atoms with E-state index in [0.717, 1.165) is 0 Å². The third-order valence-corrected chi connectivity index (χ3v) is 2.80. The number of imide groups is 1. The molecule has 1 N–H and O–H groups in total. The Hall–Kier alpha value is -1.82. The van der Waals surface area contributed by atoms with Crippen molar-refractivity contribution in [1.82, 2.24) is 5.32 Å². The zero-order valence-corrected chi connectivity index (χ0v) is 10.9. The van der Waals surface area contributed by atoms with E-state index in [9.17, 15) is 14.4 Å². The van der Waals surface area contributed by atoms with E-state index in [2.05, 4.69) is 5.32 Å². The minimum Gasteiger partial charge on any atom is -0.454 e. The van der Waals surface area contributed by atoms with Crippen LogP contribution in [-0.2, 0) is 14.3 Å². The lowest BCUT2D eigenvalue weighted by Crippen LogP contribution is -2.28. The maximum absolute atomic E-state index is 11.7. The molecule has 0 unspecified atom stereocenters. The molecule has 18 heavy (non-hydrogen) atoms. The van der Waals surface area contributed by atoms with Crippen molar-refractivity contribution in [3.05, 3.63) is 29.8 Å². The molecule has 0 aliphatic carbocycles. The molecule has 0 heterocycles. The largest absolute Gasteiger partial charge is 0.454 e. The van der Waals surface area contributed by atoms with Gasteiger partial charge in [-0.2, -0.15) is 0 Å². The van der Waals surface area contributed by atoms with Gasteiger partial charge >= 0.3 is 5.97 Å². The number of hydrogen-bond donors (Lipinski definition) is 1. The molecule has 6 heteroatoms. The Labute approximate surface area is 109 Å². The van der Waals surface area contributed by atoms with E-state index in [-0.39, 0.29) is 11.9 Å². The van der Waals surface area contributed by atoms with Gasteiger partial charge in [-0.3, -0.25) is 19.7 Å². The predicted molar refractivity (Wildman–Crippen MR) is 67.1 cm³/mol. The van der Waals surface area contributed by atoms with Crippen LogP contribution in [-0.4, -0.2) is 23.7 Å². The van der Waals surface area contributed by atoms with Crippen molar-refractivity contribution in [3.63, 3.8) is 0 Å². The fraction of sp³-hybridized carbons (Fsp3) is 0.250. The van der Waals surface area contributed by atoms with Gasteiger partial charge in [0.15, 0.2) is 0 Å². The second kappa shape index (κ2) is 6.80. The van der Waals surface area contributed by atoms with Crippen molar-refractivity contribution in [3.8, 4) is 0 Å². The van der Waals surface area contributed by atoms with Gasteiger partial charge in [0.2, 0.25) is 5.91 Å². The zero-order valence-electron chi connectivity index (χ0n) is 10.1. The first kappa shape index (κ1) is 14.2. The maximum Gasteiger partial charge on any atom is 0.303 e. The molecule has 0 aliphatic heterocycles. The Balaban J connectivity index is 2.75. The van der Waals surface area contributed by atoms with Gasteiger partial charge in [0, 0.05) is 18.7 Å². The molecular weight excluding hydrogens is 254 g/mol. The van der Waals surface area contributed by atoms with E-state index in [1.165, 1.54) is 25.6 Å². The molecule has 0 fully saturated rings. The molecule has 0 radical (unpaired) electrons. The number of amides is 2. The predicted octanol–water partition coefficient (Wildman–Crippen LogP) is 1.58. The SMILES string of the molecule is CC(=O)NC(=O)c1ccccc1SCOC(C)=O. The van der Waals surface area contributed by atoms with Crippen LogP contribution in [0, 0.1) is 0 Å². The Morgan fingerprint density at radius 3 is 2.50 bits per heavy atom. The van der Waals surface area contributed by atoms with Gasteiger partial charge in [-0.05, 0) is 12.1 Å². The van der Waals surface area contributed by atoms with Gasteiger partial charge in [0.1, 0.15) is 5.94 Å². The lowest BCUT2D eigenvalue weighted by atomic mass is 10.2. The van der Waals surface area contributed by atoms with Crippen molar-refractivity contribution in [2.45, 2.75) is 18.7 Å². The van der Waals surface area contributed by atoms with E-state index in [1.54, 1.807) is 24.3 Å². The molecule has 0 spiro atoms. The van der Waals surface area contributed by atoms with Crippen LogP contribution < -0.4 is 5.32 Å². The van der Waals surface area contributed by atoms with Gasteiger partial charge in [-0.1, -0.05) is 23.9 Å². The summed E-state index contributed by atoms with van der Waals surface area (Å²) in [6, 6.07) is 6.79. The van der Waals surface area contributed by atoms with E-state index >= 15 is 0 Å². The summed E-state index contributed by atoms with van der Waals surface area (Å²) in [4.78, 5) is 33.8. The van der Waals surface area contributed by atoms with Gasteiger partial charge in [-0.25, -0.2) is 0 Å². The molecule has 0 bridgehead atoms. The Bertz CT molecular complexity index is 473. The molecule has 5 nitrogen and oxygen atoms in total. The van der Waals surface area contributed by atoms with Crippen LogP contribution in [0.1, 0.15) is 24.2 Å². The van der Waals surface area contributed by atoms with Crippen molar-refractivity contribution in [2.24, 2.45) is 0 Å². The second-order valence-electron chi connectivity index (χ2n) is 3.40. The Kier molecular flexibility index (Phi) is 5.38. The number of esters is 1. The summed E-state index contributed by atoms with van der Waals surface area (Å²) in [7, 11) is 0. The van der Waals surface area contributed by atoms with Crippen molar-refractivity contribution in [2.75, 3.05) is 5.94 Å². The average Bonchev–Trinajstić information content (AvgIpc) is 2.28. The lowest BCUT2D eigenvalue weighted by Gasteiger charge is -2.08. The zero-order chi connectivity index (χ0) is 13.5. The smallest absolute Gasteiger partial charge is 0.303 e. The Morgan fingerprint density at radius 1 is 1.22 bits per heavy atom. The van der Waals surface area contributed by atoms with Crippen LogP contribution in [0.25, 0.3) is 0 Å². The lowest BCUT2D eigenvalue weighted by molar-refractivity contribution is -0.138. The van der Waals surface area contributed by atoms with Crippen LogP contribution >= 0.6 is 11.8 Å². The summed E-state index contributed by atoms with van der Waals surface area (Å²) in [5, 5.41) is 2.20. The highest BCUT2D eigenvalue weighted by Crippen LogP contribution is 2.22. The molecule has 0 saturated heterocycles. The highest BCUT2D eigenvalue weighted by molar-refractivity contribution is 7.99. The number of thioether (sulfide) groups is 1. The first-order chi connectivity index (χ1) is 8.50. The molecular formula is C12H13NO4S. The number of carbonyl (C=O) groups is 3. The third-order valence-electron chi connectivity index (χ3n) is 1.90. The fourth-order valence-electron chi connectivity index (χ4n) is 1.18. The highest BCUT2D eigenvalue weighted by Gasteiger charge is 2.12. The van der Waals surface area contributed by atoms with Crippen LogP contribution in [0.2, 0.25) is 0 Å². The van der Waals surface area contributed by atoms with Gasteiger partial charge in [0.25, 0.3) is 5.91 Å². The molecule has 0 atom stereocenters. The van der Waals surface area contributed by atoms with Crippen molar-refractivity contribution >= 4 is 29.5 Å². The molecule has 1 rings (SSSR count). The summed E-state index contributed by atoms with van der Waals surface area (Å²) >= 11 is 1.22. The van der Waals surface area contributed by atoms with Crippen LogP contribution in [0.5, 0.6) is 0 Å². The van der Waals surface area contributed by atoms with Crippen LogP contribution in [0.15, 0.2) is 29.2 Å². The number of nitrogens with one attached hydrogen (secondary N) is 1. The van der Waals surface area contributed by atoms with Crippen molar-refractivity contribution in [1.29, 1.82) is 0 Å². The molecule has 0 aliphatic rings. The van der Waals surface area contributed by atoms with Crippen LogP contribution in [0.4, 0.5) is 0 Å². The van der Waals surface area contributed by atoms with Gasteiger partial charge < -0.3 is 4.74 Å². The monoisotopic (exact) mass is 267 g/mol. The van der Waals surface area contributed by atoms with E-state index in [0.29, 0.717) is 10.5 Å². The maximum atomic E-state index is 11.7. The molecule has 96 valence electrons. The van der Waals surface area contributed by atoms with Crippen LogP contribution in [0.3, 0.4) is 0 Å². The second-order valence-corrected chi connectivity index (χ2v) is 4.37. The molecule has 1 aromatic carbocycles.